The molecule has 0 unspecified atom stereocenters. The summed E-state index contributed by atoms with van der Waals surface area (Å²) in [6.07, 6.45) is 0. The Bertz CT molecular complexity index is 167. The first-order chi connectivity index (χ1) is 4.70. The van der Waals surface area contributed by atoms with E-state index in [1.807, 2.05) is 0 Å². The van der Waals surface area contributed by atoms with Crippen LogP contribution in [0, 0.1) is 0 Å². The van der Waals surface area contributed by atoms with Crippen molar-refractivity contribution in [2.75, 3.05) is 18.8 Å². The lowest BCUT2D eigenvalue weighted by Crippen LogP contribution is -2.38. The predicted molar refractivity (Wildman–Crippen MR) is 39.7 cm³/mol. The quantitative estimate of drug-likeness (QED) is 0.503. The Labute approximate surface area is 63.8 Å². The van der Waals surface area contributed by atoms with Gasteiger partial charge in [-0.25, -0.2) is 0 Å². The molecule has 0 aromatic heterocycles. The van der Waals surface area contributed by atoms with E-state index in [1.165, 1.54) is 18.7 Å². The van der Waals surface area contributed by atoms with Gasteiger partial charge in [0.15, 0.2) is 0 Å². The molecule has 0 spiro atoms. The fourth-order valence-electron chi connectivity index (χ4n) is 0.819. The SMILES string of the molecule is CC(=O)N1CCSC(=O)C1. The Morgan fingerprint density at radius 3 is 2.80 bits per heavy atom. The molecule has 56 valence electrons. The molecule has 0 aromatic rings. The molecule has 0 atom stereocenters. The minimum atomic E-state index is -0.00588. The average Bonchev–Trinajstić information content (AvgIpc) is 1.88. The minimum absolute atomic E-state index is 0.00588. The second-order valence-corrected chi connectivity index (χ2v) is 3.31. The first-order valence-corrected chi connectivity index (χ1v) is 4.10. The van der Waals surface area contributed by atoms with E-state index in [0.29, 0.717) is 13.1 Å². The van der Waals surface area contributed by atoms with Crippen molar-refractivity contribution in [2.24, 2.45) is 0 Å². The summed E-state index contributed by atoms with van der Waals surface area (Å²) in [5.41, 5.74) is 0. The van der Waals surface area contributed by atoms with Crippen molar-refractivity contribution in [2.45, 2.75) is 6.92 Å². The van der Waals surface area contributed by atoms with Crippen LogP contribution >= 0.6 is 11.8 Å². The van der Waals surface area contributed by atoms with Crippen molar-refractivity contribution in [1.29, 1.82) is 0 Å². The van der Waals surface area contributed by atoms with Crippen LogP contribution in [0.2, 0.25) is 0 Å². The van der Waals surface area contributed by atoms with Gasteiger partial charge in [0, 0.05) is 19.2 Å². The summed E-state index contributed by atoms with van der Waals surface area (Å²) in [7, 11) is 0. The normalized spacial score (nSPS) is 19.3. The Balaban J connectivity index is 2.47. The Hall–Kier alpha value is -0.510. The molecule has 0 aliphatic carbocycles. The van der Waals surface area contributed by atoms with Crippen LogP contribution in [0.5, 0.6) is 0 Å². The fraction of sp³-hybridized carbons (Fsp3) is 0.667. The van der Waals surface area contributed by atoms with Crippen LogP contribution in [-0.4, -0.2) is 34.8 Å². The highest BCUT2D eigenvalue weighted by atomic mass is 32.2. The van der Waals surface area contributed by atoms with Crippen LogP contribution in [0.25, 0.3) is 0 Å². The zero-order valence-electron chi connectivity index (χ0n) is 5.79. The summed E-state index contributed by atoms with van der Waals surface area (Å²) in [4.78, 5) is 23.0. The molecular formula is C6H9NO2S. The van der Waals surface area contributed by atoms with Gasteiger partial charge in [0.05, 0.1) is 6.54 Å². The molecular weight excluding hydrogens is 150 g/mol. The summed E-state index contributed by atoms with van der Waals surface area (Å²) >= 11 is 1.31. The summed E-state index contributed by atoms with van der Waals surface area (Å²) in [5, 5.41) is 0.0986. The van der Waals surface area contributed by atoms with Gasteiger partial charge in [-0.1, -0.05) is 11.8 Å². The topological polar surface area (TPSA) is 37.4 Å². The molecule has 1 aliphatic heterocycles. The van der Waals surface area contributed by atoms with E-state index in [4.69, 9.17) is 0 Å². The van der Waals surface area contributed by atoms with Gasteiger partial charge in [-0.2, -0.15) is 0 Å². The first kappa shape index (κ1) is 7.60. The molecule has 10 heavy (non-hydrogen) atoms. The zero-order valence-corrected chi connectivity index (χ0v) is 6.61. The van der Waals surface area contributed by atoms with E-state index in [9.17, 15) is 9.59 Å². The minimum Gasteiger partial charge on any atom is -0.334 e. The predicted octanol–water partition coefficient (Wildman–Crippen LogP) is 0.108. The van der Waals surface area contributed by atoms with Gasteiger partial charge in [0.2, 0.25) is 11.0 Å². The van der Waals surface area contributed by atoms with Crippen molar-refractivity contribution in [1.82, 2.24) is 4.90 Å². The van der Waals surface area contributed by atoms with E-state index in [0.717, 1.165) is 5.75 Å². The van der Waals surface area contributed by atoms with Gasteiger partial charge < -0.3 is 4.90 Å². The van der Waals surface area contributed by atoms with Crippen molar-refractivity contribution >= 4 is 22.8 Å². The Morgan fingerprint density at radius 1 is 1.70 bits per heavy atom. The molecule has 1 fully saturated rings. The lowest BCUT2D eigenvalue weighted by Gasteiger charge is -2.23. The monoisotopic (exact) mass is 159 g/mol. The highest BCUT2D eigenvalue weighted by Gasteiger charge is 2.18. The van der Waals surface area contributed by atoms with Gasteiger partial charge in [-0.05, 0) is 0 Å². The summed E-state index contributed by atoms with van der Waals surface area (Å²) in [6.45, 7) is 2.50. The molecule has 4 heteroatoms. The van der Waals surface area contributed by atoms with E-state index < -0.39 is 0 Å². The van der Waals surface area contributed by atoms with Crippen LogP contribution in [-0.2, 0) is 9.59 Å². The molecule has 0 radical (unpaired) electrons. The van der Waals surface area contributed by atoms with Crippen LogP contribution in [0.3, 0.4) is 0 Å². The second-order valence-electron chi connectivity index (χ2n) is 2.16. The Morgan fingerprint density at radius 2 is 2.40 bits per heavy atom. The molecule has 0 saturated carbocycles. The van der Waals surface area contributed by atoms with Gasteiger partial charge in [-0.3, -0.25) is 9.59 Å². The third-order valence-electron chi connectivity index (χ3n) is 1.39. The smallest absolute Gasteiger partial charge is 0.219 e. The third kappa shape index (κ3) is 1.73. The average molecular weight is 159 g/mol. The number of hydrogen-bond donors (Lipinski definition) is 0. The number of amides is 1. The van der Waals surface area contributed by atoms with E-state index in [2.05, 4.69) is 0 Å². The van der Waals surface area contributed by atoms with Crippen LogP contribution in [0.4, 0.5) is 0 Å². The number of hydrogen-bond acceptors (Lipinski definition) is 3. The highest BCUT2D eigenvalue weighted by Crippen LogP contribution is 2.10. The lowest BCUT2D eigenvalue weighted by molar-refractivity contribution is -0.131. The van der Waals surface area contributed by atoms with E-state index in [-0.39, 0.29) is 11.0 Å². The van der Waals surface area contributed by atoms with Gasteiger partial charge in [0.1, 0.15) is 0 Å². The molecule has 0 N–H and O–H groups in total. The van der Waals surface area contributed by atoms with Crippen molar-refractivity contribution in [3.05, 3.63) is 0 Å². The maximum Gasteiger partial charge on any atom is 0.219 e. The van der Waals surface area contributed by atoms with Gasteiger partial charge in [0.25, 0.3) is 0 Å². The first-order valence-electron chi connectivity index (χ1n) is 3.11. The Kier molecular flexibility index (Phi) is 2.32. The van der Waals surface area contributed by atoms with Crippen molar-refractivity contribution < 1.29 is 9.59 Å². The number of nitrogens with zero attached hydrogens (tertiary/aromatic N) is 1. The molecule has 0 aromatic carbocycles. The summed E-state index contributed by atoms with van der Waals surface area (Å²) < 4.78 is 0. The van der Waals surface area contributed by atoms with Crippen LogP contribution in [0.15, 0.2) is 0 Å². The maximum atomic E-state index is 10.7. The third-order valence-corrected chi connectivity index (χ3v) is 2.23. The van der Waals surface area contributed by atoms with Gasteiger partial charge in [-0.15, -0.1) is 0 Å². The van der Waals surface area contributed by atoms with Crippen molar-refractivity contribution in [3.63, 3.8) is 0 Å². The summed E-state index contributed by atoms with van der Waals surface area (Å²) in [6, 6.07) is 0. The molecule has 3 nitrogen and oxygen atoms in total. The van der Waals surface area contributed by atoms with E-state index in [1.54, 1.807) is 4.90 Å². The molecule has 1 amide bonds. The van der Waals surface area contributed by atoms with Crippen molar-refractivity contribution in [3.8, 4) is 0 Å². The molecule has 1 heterocycles. The molecule has 1 aliphatic rings. The number of carbonyl (C=O) groups excluding carboxylic acids is 2. The summed E-state index contributed by atoms with van der Waals surface area (Å²) in [5.74, 6) is 0.743. The number of thioether (sulfide) groups is 1. The second kappa shape index (κ2) is 3.05. The maximum absolute atomic E-state index is 10.7. The van der Waals surface area contributed by atoms with E-state index >= 15 is 0 Å². The highest BCUT2D eigenvalue weighted by molar-refractivity contribution is 8.13. The van der Waals surface area contributed by atoms with Crippen LogP contribution in [0.1, 0.15) is 6.92 Å². The molecule has 0 bridgehead atoms. The molecule has 1 saturated heterocycles. The van der Waals surface area contributed by atoms with Gasteiger partial charge >= 0.3 is 0 Å². The lowest BCUT2D eigenvalue weighted by atomic mass is 10.5. The standard InChI is InChI=1S/C6H9NO2S/c1-5(8)7-2-3-10-6(9)4-7/h2-4H2,1H3. The van der Waals surface area contributed by atoms with Crippen LogP contribution < -0.4 is 0 Å². The molecule has 1 rings (SSSR count). The number of rotatable bonds is 0. The number of carbonyl (C=O) groups is 2. The largest absolute Gasteiger partial charge is 0.334 e. The fourth-order valence-corrected chi connectivity index (χ4v) is 1.61. The zero-order chi connectivity index (χ0) is 7.56.